The van der Waals surface area contributed by atoms with E-state index in [4.69, 9.17) is 0 Å². The first kappa shape index (κ1) is 17.2. The molecule has 0 spiro atoms. The van der Waals surface area contributed by atoms with Crippen LogP contribution in [0.2, 0.25) is 0 Å². The molecule has 1 amide bonds. The van der Waals surface area contributed by atoms with Gasteiger partial charge in [-0.25, -0.2) is 14.4 Å². The van der Waals surface area contributed by atoms with E-state index in [-0.39, 0.29) is 11.3 Å². The molecule has 0 unspecified atom stereocenters. The zero-order chi connectivity index (χ0) is 18.5. The number of benzene rings is 2. The Hall–Kier alpha value is -3.61. The topological polar surface area (TPSA) is 84.0 Å². The van der Waals surface area contributed by atoms with E-state index in [9.17, 15) is 14.0 Å². The molecule has 0 fully saturated rings. The number of anilines is 3. The molecule has 0 atom stereocenters. The van der Waals surface area contributed by atoms with Gasteiger partial charge in [0.2, 0.25) is 5.95 Å². The van der Waals surface area contributed by atoms with E-state index in [2.05, 4.69) is 20.6 Å². The number of nitrogens with zero attached hydrogens (tertiary/aromatic N) is 2. The van der Waals surface area contributed by atoms with Gasteiger partial charge in [-0.05, 0) is 49.4 Å². The minimum atomic E-state index is -0.437. The Morgan fingerprint density at radius 3 is 2.23 bits per heavy atom. The van der Waals surface area contributed by atoms with Crippen molar-refractivity contribution in [3.8, 4) is 0 Å². The van der Waals surface area contributed by atoms with Gasteiger partial charge in [0.15, 0.2) is 5.78 Å². The molecule has 26 heavy (non-hydrogen) atoms. The molecule has 0 aliphatic carbocycles. The number of rotatable bonds is 5. The Kier molecular flexibility index (Phi) is 4.98. The van der Waals surface area contributed by atoms with Crippen LogP contribution in [0, 0.1) is 5.82 Å². The van der Waals surface area contributed by atoms with E-state index >= 15 is 0 Å². The third kappa shape index (κ3) is 4.27. The van der Waals surface area contributed by atoms with Gasteiger partial charge >= 0.3 is 0 Å². The van der Waals surface area contributed by atoms with Gasteiger partial charge in [-0.1, -0.05) is 6.07 Å². The first-order valence-electron chi connectivity index (χ1n) is 7.78. The predicted molar refractivity (Wildman–Crippen MR) is 96.1 cm³/mol. The third-order valence-electron chi connectivity index (χ3n) is 3.54. The Morgan fingerprint density at radius 1 is 0.923 bits per heavy atom. The fourth-order valence-electron chi connectivity index (χ4n) is 2.20. The first-order valence-corrected chi connectivity index (χ1v) is 7.78. The molecule has 0 saturated carbocycles. The molecular formula is C19H15FN4O2. The standard InChI is InChI=1S/C19H15FN4O2/c1-12(25)13-5-7-16(8-6-13)24-19-21-10-14(11-22-19)18(26)23-17-4-2-3-15(20)9-17/h2-11H,1H3,(H,23,26)(H,21,22,24). The number of ketones is 1. The minimum absolute atomic E-state index is 0.0125. The van der Waals surface area contributed by atoms with Crippen LogP contribution < -0.4 is 10.6 Å². The average molecular weight is 350 g/mol. The summed E-state index contributed by atoms with van der Waals surface area (Å²) >= 11 is 0. The molecule has 3 rings (SSSR count). The number of amides is 1. The summed E-state index contributed by atoms with van der Waals surface area (Å²) in [5, 5.41) is 5.55. The summed E-state index contributed by atoms with van der Waals surface area (Å²) in [6.45, 7) is 1.50. The van der Waals surface area contributed by atoms with Crippen molar-refractivity contribution in [1.82, 2.24) is 9.97 Å². The molecule has 0 aliphatic heterocycles. The maximum absolute atomic E-state index is 13.1. The van der Waals surface area contributed by atoms with Gasteiger partial charge in [-0.3, -0.25) is 9.59 Å². The van der Waals surface area contributed by atoms with Crippen LogP contribution in [0.3, 0.4) is 0 Å². The lowest BCUT2D eigenvalue weighted by Crippen LogP contribution is -2.13. The summed E-state index contributed by atoms with van der Waals surface area (Å²) < 4.78 is 13.1. The van der Waals surface area contributed by atoms with Crippen molar-refractivity contribution in [2.75, 3.05) is 10.6 Å². The molecule has 2 N–H and O–H groups in total. The molecular weight excluding hydrogens is 335 g/mol. The Morgan fingerprint density at radius 2 is 1.62 bits per heavy atom. The smallest absolute Gasteiger partial charge is 0.258 e. The first-order chi connectivity index (χ1) is 12.5. The van der Waals surface area contributed by atoms with E-state index in [0.717, 1.165) is 0 Å². The highest BCUT2D eigenvalue weighted by molar-refractivity contribution is 6.03. The zero-order valence-electron chi connectivity index (χ0n) is 13.9. The van der Waals surface area contributed by atoms with E-state index < -0.39 is 11.7 Å². The normalized spacial score (nSPS) is 10.2. The maximum Gasteiger partial charge on any atom is 0.258 e. The lowest BCUT2D eigenvalue weighted by molar-refractivity contribution is 0.101. The van der Waals surface area contributed by atoms with E-state index in [0.29, 0.717) is 22.9 Å². The van der Waals surface area contributed by atoms with Gasteiger partial charge in [-0.2, -0.15) is 0 Å². The van der Waals surface area contributed by atoms with Gasteiger partial charge < -0.3 is 10.6 Å². The Balaban J connectivity index is 1.66. The maximum atomic E-state index is 13.1. The fraction of sp³-hybridized carbons (Fsp3) is 0.0526. The second kappa shape index (κ2) is 7.52. The van der Waals surface area contributed by atoms with Crippen LogP contribution in [0.4, 0.5) is 21.7 Å². The van der Waals surface area contributed by atoms with Crippen LogP contribution in [0.25, 0.3) is 0 Å². The van der Waals surface area contributed by atoms with Crippen molar-refractivity contribution in [3.63, 3.8) is 0 Å². The molecule has 2 aromatic carbocycles. The average Bonchev–Trinajstić information content (AvgIpc) is 2.63. The van der Waals surface area contributed by atoms with Crippen molar-refractivity contribution < 1.29 is 14.0 Å². The highest BCUT2D eigenvalue weighted by Crippen LogP contribution is 2.15. The molecule has 0 aliphatic rings. The fourth-order valence-corrected chi connectivity index (χ4v) is 2.20. The van der Waals surface area contributed by atoms with E-state index in [1.807, 2.05) is 0 Å². The molecule has 7 heteroatoms. The largest absolute Gasteiger partial charge is 0.324 e. The predicted octanol–water partition coefficient (Wildman–Crippen LogP) is 3.81. The molecule has 6 nitrogen and oxygen atoms in total. The number of Topliss-reactive ketones (excluding diaryl/α,β-unsaturated/α-hetero) is 1. The van der Waals surface area contributed by atoms with Gasteiger partial charge in [0.25, 0.3) is 5.91 Å². The molecule has 0 radical (unpaired) electrons. The summed E-state index contributed by atoms with van der Waals surface area (Å²) in [6, 6.07) is 12.5. The van der Waals surface area contributed by atoms with Crippen LogP contribution in [0.1, 0.15) is 27.6 Å². The molecule has 3 aromatic rings. The third-order valence-corrected chi connectivity index (χ3v) is 3.54. The number of nitrogens with one attached hydrogen (secondary N) is 2. The number of carbonyl (C=O) groups excluding carboxylic acids is 2. The van der Waals surface area contributed by atoms with Gasteiger partial charge in [-0.15, -0.1) is 0 Å². The van der Waals surface area contributed by atoms with Crippen LogP contribution in [-0.4, -0.2) is 21.7 Å². The minimum Gasteiger partial charge on any atom is -0.324 e. The van der Waals surface area contributed by atoms with Crippen LogP contribution in [-0.2, 0) is 0 Å². The lowest BCUT2D eigenvalue weighted by Gasteiger charge is -2.07. The summed E-state index contributed by atoms with van der Waals surface area (Å²) in [6.07, 6.45) is 2.74. The summed E-state index contributed by atoms with van der Waals surface area (Å²) in [4.78, 5) is 31.6. The van der Waals surface area contributed by atoms with Crippen molar-refractivity contribution in [3.05, 3.63) is 77.9 Å². The second-order valence-corrected chi connectivity index (χ2v) is 5.52. The van der Waals surface area contributed by atoms with Crippen molar-refractivity contribution in [2.45, 2.75) is 6.92 Å². The van der Waals surface area contributed by atoms with Gasteiger partial charge in [0, 0.05) is 29.3 Å². The van der Waals surface area contributed by atoms with Crippen LogP contribution in [0.5, 0.6) is 0 Å². The van der Waals surface area contributed by atoms with Gasteiger partial charge in [0.05, 0.1) is 5.56 Å². The van der Waals surface area contributed by atoms with Crippen molar-refractivity contribution in [1.29, 1.82) is 0 Å². The number of carbonyl (C=O) groups is 2. The highest BCUT2D eigenvalue weighted by Gasteiger charge is 2.08. The Bertz CT molecular complexity index is 941. The zero-order valence-corrected chi connectivity index (χ0v) is 13.9. The SMILES string of the molecule is CC(=O)c1ccc(Nc2ncc(C(=O)Nc3cccc(F)c3)cn2)cc1. The van der Waals surface area contributed by atoms with E-state index in [1.54, 1.807) is 30.3 Å². The number of hydrogen-bond acceptors (Lipinski definition) is 5. The quantitative estimate of drug-likeness (QED) is 0.684. The molecule has 1 aromatic heterocycles. The monoisotopic (exact) mass is 350 g/mol. The molecule has 0 saturated heterocycles. The number of hydrogen-bond donors (Lipinski definition) is 2. The number of aromatic nitrogens is 2. The van der Waals surface area contributed by atoms with Crippen LogP contribution in [0.15, 0.2) is 60.9 Å². The molecule has 1 heterocycles. The summed E-state index contributed by atoms with van der Waals surface area (Å²) in [5.74, 6) is -0.577. The summed E-state index contributed by atoms with van der Waals surface area (Å²) in [7, 11) is 0. The lowest BCUT2D eigenvalue weighted by atomic mass is 10.1. The van der Waals surface area contributed by atoms with Crippen LogP contribution >= 0.6 is 0 Å². The van der Waals surface area contributed by atoms with E-state index in [1.165, 1.54) is 37.5 Å². The van der Waals surface area contributed by atoms with Crippen molar-refractivity contribution in [2.24, 2.45) is 0 Å². The Labute approximate surface area is 149 Å². The second-order valence-electron chi connectivity index (χ2n) is 5.52. The molecule has 130 valence electrons. The molecule has 0 bridgehead atoms. The highest BCUT2D eigenvalue weighted by atomic mass is 19.1. The number of halogens is 1. The van der Waals surface area contributed by atoms with Crippen molar-refractivity contribution >= 4 is 29.0 Å². The summed E-state index contributed by atoms with van der Waals surface area (Å²) in [5.41, 5.74) is 1.92. The van der Waals surface area contributed by atoms with Gasteiger partial charge in [0.1, 0.15) is 5.82 Å².